The first-order valence-corrected chi connectivity index (χ1v) is 9.44. The predicted octanol–water partition coefficient (Wildman–Crippen LogP) is 5.13. The standard InChI is InChI=1S/C22H15F4N5O2/c23-16-6-5-13(9-15(16)22(24,25)26)30-21(33)29-12-3-1-11(2-4-12)18-14-7-8-28-10-17(14)31-19(18)20(27)32/h1-10,31H,(H2,27,32)(H2,29,30,33). The van der Waals surface area contributed by atoms with Gasteiger partial charge in [0.2, 0.25) is 0 Å². The summed E-state index contributed by atoms with van der Waals surface area (Å²) in [6, 6.07) is 9.44. The molecule has 0 unspecified atom stereocenters. The first-order chi connectivity index (χ1) is 15.6. The molecule has 0 saturated carbocycles. The van der Waals surface area contributed by atoms with E-state index in [1.165, 1.54) is 0 Å². The average Bonchev–Trinajstić information content (AvgIpc) is 3.15. The molecule has 0 fully saturated rings. The fraction of sp³-hybridized carbons (Fsp3) is 0.0455. The average molecular weight is 457 g/mol. The van der Waals surface area contributed by atoms with Gasteiger partial charge in [0.05, 0.1) is 17.3 Å². The smallest absolute Gasteiger partial charge is 0.364 e. The highest BCUT2D eigenvalue weighted by Gasteiger charge is 2.34. The molecule has 168 valence electrons. The van der Waals surface area contributed by atoms with Crippen molar-refractivity contribution in [3.63, 3.8) is 0 Å². The van der Waals surface area contributed by atoms with E-state index < -0.39 is 29.5 Å². The van der Waals surface area contributed by atoms with E-state index in [1.54, 1.807) is 42.7 Å². The number of alkyl halides is 3. The molecule has 0 saturated heterocycles. The van der Waals surface area contributed by atoms with E-state index in [1.807, 2.05) is 0 Å². The number of anilines is 2. The van der Waals surface area contributed by atoms with Crippen LogP contribution in [0.25, 0.3) is 22.0 Å². The third-order valence-electron chi connectivity index (χ3n) is 4.81. The molecule has 0 aliphatic heterocycles. The van der Waals surface area contributed by atoms with E-state index in [4.69, 9.17) is 5.73 Å². The number of aromatic amines is 1. The quantitative estimate of drug-likeness (QED) is 0.319. The van der Waals surface area contributed by atoms with Crippen LogP contribution in [-0.2, 0) is 6.18 Å². The van der Waals surface area contributed by atoms with Crippen molar-refractivity contribution < 1.29 is 27.2 Å². The number of nitrogens with zero attached hydrogens (tertiary/aromatic N) is 1. The van der Waals surface area contributed by atoms with Crippen LogP contribution in [-0.4, -0.2) is 21.9 Å². The van der Waals surface area contributed by atoms with Gasteiger partial charge in [0, 0.05) is 28.5 Å². The summed E-state index contributed by atoms with van der Waals surface area (Å²) in [6.45, 7) is 0. The summed E-state index contributed by atoms with van der Waals surface area (Å²) < 4.78 is 51.9. The largest absolute Gasteiger partial charge is 0.419 e. The van der Waals surface area contributed by atoms with Gasteiger partial charge in [-0.1, -0.05) is 12.1 Å². The van der Waals surface area contributed by atoms with Crippen LogP contribution in [0.2, 0.25) is 0 Å². The molecule has 33 heavy (non-hydrogen) atoms. The van der Waals surface area contributed by atoms with Crippen LogP contribution >= 0.6 is 0 Å². The first kappa shape index (κ1) is 21.8. The number of fused-ring (bicyclic) bond motifs is 1. The van der Waals surface area contributed by atoms with Crippen LogP contribution in [0.3, 0.4) is 0 Å². The van der Waals surface area contributed by atoms with Gasteiger partial charge in [-0.05, 0) is 42.0 Å². The number of aromatic nitrogens is 2. The van der Waals surface area contributed by atoms with Crippen LogP contribution in [0.4, 0.5) is 33.7 Å². The summed E-state index contributed by atoms with van der Waals surface area (Å²) in [7, 11) is 0. The number of urea groups is 1. The number of hydrogen-bond donors (Lipinski definition) is 4. The number of H-pyrrole nitrogens is 1. The predicted molar refractivity (Wildman–Crippen MR) is 114 cm³/mol. The summed E-state index contributed by atoms with van der Waals surface area (Å²) in [5.41, 5.74) is 6.14. The normalized spacial score (nSPS) is 11.4. The molecule has 0 bridgehead atoms. The van der Waals surface area contributed by atoms with Gasteiger partial charge >= 0.3 is 12.2 Å². The number of primary amides is 1. The topological polar surface area (TPSA) is 113 Å². The Labute approximate surface area is 183 Å². The van der Waals surface area contributed by atoms with Gasteiger partial charge < -0.3 is 21.4 Å². The number of hydrogen-bond acceptors (Lipinski definition) is 3. The maximum absolute atomic E-state index is 13.4. The van der Waals surface area contributed by atoms with Crippen molar-refractivity contribution in [3.05, 3.63) is 78.0 Å². The number of nitrogens with one attached hydrogen (secondary N) is 3. The highest BCUT2D eigenvalue weighted by atomic mass is 19.4. The molecule has 7 nitrogen and oxygen atoms in total. The highest BCUT2D eigenvalue weighted by molar-refractivity contribution is 6.09. The summed E-state index contributed by atoms with van der Waals surface area (Å²) in [6.07, 6.45) is -1.76. The fourth-order valence-corrected chi connectivity index (χ4v) is 3.36. The Morgan fingerprint density at radius 2 is 1.64 bits per heavy atom. The lowest BCUT2D eigenvalue weighted by molar-refractivity contribution is -0.139. The molecule has 0 spiro atoms. The fourth-order valence-electron chi connectivity index (χ4n) is 3.36. The zero-order chi connectivity index (χ0) is 23.8. The molecule has 0 aliphatic carbocycles. The molecule has 3 amide bonds. The number of pyridine rings is 1. The van der Waals surface area contributed by atoms with E-state index in [-0.39, 0.29) is 11.4 Å². The van der Waals surface area contributed by atoms with Gasteiger partial charge in [0.25, 0.3) is 5.91 Å². The number of halogens is 4. The molecule has 2 aromatic carbocycles. The summed E-state index contributed by atoms with van der Waals surface area (Å²) >= 11 is 0. The van der Waals surface area contributed by atoms with E-state index >= 15 is 0 Å². The summed E-state index contributed by atoms with van der Waals surface area (Å²) in [5.74, 6) is -2.09. The van der Waals surface area contributed by atoms with Gasteiger partial charge in [-0.2, -0.15) is 13.2 Å². The molecule has 4 aromatic rings. The van der Waals surface area contributed by atoms with Crippen LogP contribution in [0.1, 0.15) is 16.1 Å². The lowest BCUT2D eigenvalue weighted by atomic mass is 10.0. The number of carbonyl (C=O) groups excluding carboxylic acids is 2. The molecule has 5 N–H and O–H groups in total. The van der Waals surface area contributed by atoms with Crippen molar-refractivity contribution in [2.24, 2.45) is 5.73 Å². The monoisotopic (exact) mass is 457 g/mol. The van der Waals surface area contributed by atoms with Gasteiger partial charge in [-0.15, -0.1) is 0 Å². The minimum absolute atomic E-state index is 0.202. The maximum atomic E-state index is 13.4. The van der Waals surface area contributed by atoms with Crippen molar-refractivity contribution in [1.29, 1.82) is 0 Å². The Bertz CT molecular complexity index is 1360. The molecule has 0 atom stereocenters. The summed E-state index contributed by atoms with van der Waals surface area (Å²) in [5, 5.41) is 5.44. The van der Waals surface area contributed by atoms with Crippen molar-refractivity contribution in [2.45, 2.75) is 6.18 Å². The van der Waals surface area contributed by atoms with Crippen molar-refractivity contribution >= 4 is 34.2 Å². The van der Waals surface area contributed by atoms with Gasteiger partial charge in [-0.3, -0.25) is 9.78 Å². The van der Waals surface area contributed by atoms with Crippen LogP contribution in [0.15, 0.2) is 60.9 Å². The first-order valence-electron chi connectivity index (χ1n) is 9.44. The van der Waals surface area contributed by atoms with Crippen LogP contribution in [0, 0.1) is 5.82 Å². The molecule has 4 rings (SSSR count). The Morgan fingerprint density at radius 3 is 2.30 bits per heavy atom. The van der Waals surface area contributed by atoms with E-state index in [0.29, 0.717) is 34.5 Å². The number of benzene rings is 2. The zero-order valence-corrected chi connectivity index (χ0v) is 16.6. The van der Waals surface area contributed by atoms with Gasteiger partial charge in [-0.25, -0.2) is 9.18 Å². The number of carbonyl (C=O) groups is 2. The van der Waals surface area contributed by atoms with Crippen LogP contribution in [0.5, 0.6) is 0 Å². The lowest BCUT2D eigenvalue weighted by Gasteiger charge is -2.12. The summed E-state index contributed by atoms with van der Waals surface area (Å²) in [4.78, 5) is 31.0. The highest BCUT2D eigenvalue weighted by Crippen LogP contribution is 2.34. The minimum Gasteiger partial charge on any atom is -0.364 e. The van der Waals surface area contributed by atoms with E-state index in [2.05, 4.69) is 20.6 Å². The second-order valence-corrected chi connectivity index (χ2v) is 7.01. The maximum Gasteiger partial charge on any atom is 0.419 e. The van der Waals surface area contributed by atoms with Crippen molar-refractivity contribution in [1.82, 2.24) is 9.97 Å². The van der Waals surface area contributed by atoms with Gasteiger partial charge in [0.1, 0.15) is 11.5 Å². The Balaban J connectivity index is 1.54. The number of rotatable bonds is 4. The lowest BCUT2D eigenvalue weighted by Crippen LogP contribution is -2.20. The molecule has 0 aliphatic rings. The zero-order valence-electron chi connectivity index (χ0n) is 16.6. The van der Waals surface area contributed by atoms with Crippen LogP contribution < -0.4 is 16.4 Å². The van der Waals surface area contributed by atoms with Crippen molar-refractivity contribution in [3.8, 4) is 11.1 Å². The minimum atomic E-state index is -4.89. The molecule has 2 aromatic heterocycles. The second kappa shape index (κ2) is 8.26. The second-order valence-electron chi connectivity index (χ2n) is 7.01. The molecular formula is C22H15F4N5O2. The Kier molecular flexibility index (Phi) is 5.46. The molecule has 11 heteroatoms. The van der Waals surface area contributed by atoms with E-state index in [9.17, 15) is 27.2 Å². The van der Waals surface area contributed by atoms with Gasteiger partial charge in [0.15, 0.2) is 0 Å². The Morgan fingerprint density at radius 1 is 0.970 bits per heavy atom. The third kappa shape index (κ3) is 4.47. The molecule has 0 radical (unpaired) electrons. The third-order valence-corrected chi connectivity index (χ3v) is 4.81. The Hall–Kier alpha value is -4.41. The SMILES string of the molecule is NC(=O)c1[nH]c2cnccc2c1-c1ccc(NC(=O)Nc2ccc(F)c(C(F)(F)F)c2)cc1. The number of amides is 3. The molecule has 2 heterocycles. The molecular weight excluding hydrogens is 442 g/mol. The van der Waals surface area contributed by atoms with Crippen molar-refractivity contribution in [2.75, 3.05) is 10.6 Å². The van der Waals surface area contributed by atoms with E-state index in [0.717, 1.165) is 11.5 Å². The number of nitrogens with two attached hydrogens (primary N) is 1.